The van der Waals surface area contributed by atoms with E-state index in [0.29, 0.717) is 12.1 Å². The average Bonchev–Trinajstić information content (AvgIpc) is 2.68. The van der Waals surface area contributed by atoms with Crippen molar-refractivity contribution in [2.45, 2.75) is 44.5 Å². The molecule has 7 heteroatoms. The van der Waals surface area contributed by atoms with Gasteiger partial charge in [0.2, 0.25) is 5.91 Å². The monoisotopic (exact) mass is 375 g/mol. The molecule has 0 saturated carbocycles. The van der Waals surface area contributed by atoms with Gasteiger partial charge in [0.1, 0.15) is 0 Å². The third-order valence-corrected chi connectivity index (χ3v) is 5.36. The number of nitrogens with one attached hydrogen (secondary N) is 1. The molecule has 148 valence electrons. The summed E-state index contributed by atoms with van der Waals surface area (Å²) in [6.07, 6.45) is 0.495. The lowest BCUT2D eigenvalue weighted by atomic mass is 9.98. The van der Waals surface area contributed by atoms with Crippen LogP contribution in [0.2, 0.25) is 0 Å². The fourth-order valence-electron chi connectivity index (χ4n) is 3.67. The summed E-state index contributed by atoms with van der Waals surface area (Å²) in [6, 6.07) is 9.20. The number of amides is 2. The lowest BCUT2D eigenvalue weighted by Gasteiger charge is -2.37. The third-order valence-electron chi connectivity index (χ3n) is 5.36. The van der Waals surface area contributed by atoms with Gasteiger partial charge in [-0.1, -0.05) is 18.2 Å². The Bertz CT molecular complexity index is 631. The molecule has 2 saturated heterocycles. The summed E-state index contributed by atoms with van der Waals surface area (Å²) >= 11 is 0. The largest absolute Gasteiger partial charge is 0.390 e. The summed E-state index contributed by atoms with van der Waals surface area (Å²) in [7, 11) is 0. The first-order valence-corrected chi connectivity index (χ1v) is 9.70. The highest BCUT2D eigenvalue weighted by Gasteiger charge is 2.35. The Morgan fingerprint density at radius 1 is 1.15 bits per heavy atom. The number of benzene rings is 1. The van der Waals surface area contributed by atoms with E-state index >= 15 is 0 Å². The maximum absolute atomic E-state index is 12.5. The summed E-state index contributed by atoms with van der Waals surface area (Å²) in [5.74, 6) is -0.167. The van der Waals surface area contributed by atoms with Crippen molar-refractivity contribution in [2.75, 3.05) is 38.0 Å². The van der Waals surface area contributed by atoms with E-state index < -0.39 is 12.2 Å². The number of aliphatic hydroxyl groups excluding tert-OH is 1. The van der Waals surface area contributed by atoms with E-state index in [-0.39, 0.29) is 17.9 Å². The molecule has 0 unspecified atom stereocenters. The van der Waals surface area contributed by atoms with Crippen molar-refractivity contribution in [3.05, 3.63) is 30.3 Å². The van der Waals surface area contributed by atoms with Crippen molar-refractivity contribution in [1.29, 1.82) is 0 Å². The van der Waals surface area contributed by atoms with Crippen LogP contribution in [0.4, 0.5) is 5.69 Å². The van der Waals surface area contributed by atoms with Gasteiger partial charge in [-0.05, 0) is 31.4 Å². The molecular formula is C20H29N3O4. The van der Waals surface area contributed by atoms with Gasteiger partial charge in [-0.3, -0.25) is 14.5 Å². The highest BCUT2D eigenvalue weighted by molar-refractivity contribution is 5.94. The van der Waals surface area contributed by atoms with Crippen LogP contribution >= 0.6 is 0 Å². The molecule has 3 atom stereocenters. The molecule has 2 aliphatic rings. The van der Waals surface area contributed by atoms with E-state index in [0.717, 1.165) is 45.6 Å². The van der Waals surface area contributed by atoms with Crippen LogP contribution in [0.15, 0.2) is 30.3 Å². The van der Waals surface area contributed by atoms with Gasteiger partial charge in [-0.15, -0.1) is 0 Å². The van der Waals surface area contributed by atoms with Gasteiger partial charge in [0, 0.05) is 45.3 Å². The predicted octanol–water partition coefficient (Wildman–Crippen LogP) is 1.09. The standard InChI is InChI=1S/C20H29N3O4/c1-15(24)23-13-11-22(12-14-23)10-9-17-7-8-18(25)19(27-17)20(26)21-16-5-3-2-4-6-16/h2-6,17-19,25H,7-14H2,1H3,(H,21,26)/t17-,18-,19-/m0/s1. The van der Waals surface area contributed by atoms with E-state index in [1.54, 1.807) is 6.92 Å². The number of hydrogen-bond donors (Lipinski definition) is 2. The number of carbonyl (C=O) groups excluding carboxylic acids is 2. The van der Waals surface area contributed by atoms with Crippen molar-refractivity contribution in [1.82, 2.24) is 9.80 Å². The molecule has 2 aliphatic heterocycles. The number of ether oxygens (including phenoxy) is 1. The molecular weight excluding hydrogens is 346 g/mol. The Morgan fingerprint density at radius 2 is 1.85 bits per heavy atom. The van der Waals surface area contributed by atoms with Crippen LogP contribution in [0.1, 0.15) is 26.2 Å². The molecule has 2 amide bonds. The predicted molar refractivity (Wildman–Crippen MR) is 102 cm³/mol. The molecule has 1 aromatic rings. The Kier molecular flexibility index (Phi) is 6.82. The summed E-state index contributed by atoms with van der Waals surface area (Å²) in [5, 5.41) is 13.0. The van der Waals surface area contributed by atoms with Gasteiger partial charge in [-0.2, -0.15) is 0 Å². The Hall–Kier alpha value is -1.96. The Labute approximate surface area is 160 Å². The van der Waals surface area contributed by atoms with E-state index in [9.17, 15) is 14.7 Å². The minimum absolute atomic E-state index is 0.0363. The maximum Gasteiger partial charge on any atom is 0.256 e. The Balaban J connectivity index is 1.46. The second-order valence-corrected chi connectivity index (χ2v) is 7.32. The number of nitrogens with zero attached hydrogens (tertiary/aromatic N) is 2. The van der Waals surface area contributed by atoms with Gasteiger partial charge in [-0.25, -0.2) is 0 Å². The second-order valence-electron chi connectivity index (χ2n) is 7.32. The number of hydrogen-bond acceptors (Lipinski definition) is 5. The van der Waals surface area contributed by atoms with Crippen LogP contribution in [-0.2, 0) is 14.3 Å². The first-order valence-electron chi connectivity index (χ1n) is 9.70. The fourth-order valence-corrected chi connectivity index (χ4v) is 3.67. The highest BCUT2D eigenvalue weighted by atomic mass is 16.5. The van der Waals surface area contributed by atoms with Crippen molar-refractivity contribution in [3.8, 4) is 0 Å². The molecule has 0 aromatic heterocycles. The van der Waals surface area contributed by atoms with Gasteiger partial charge < -0.3 is 20.1 Å². The number of piperazine rings is 1. The number of rotatable bonds is 5. The van der Waals surface area contributed by atoms with Gasteiger partial charge in [0.15, 0.2) is 6.10 Å². The molecule has 2 N–H and O–H groups in total. The average molecular weight is 375 g/mol. The normalized spacial score (nSPS) is 26.6. The van der Waals surface area contributed by atoms with Gasteiger partial charge >= 0.3 is 0 Å². The zero-order chi connectivity index (χ0) is 19.2. The number of aliphatic hydroxyl groups is 1. The second kappa shape index (κ2) is 9.30. The zero-order valence-electron chi connectivity index (χ0n) is 15.8. The van der Waals surface area contributed by atoms with Crippen LogP contribution in [0.3, 0.4) is 0 Å². The van der Waals surface area contributed by atoms with Crippen molar-refractivity contribution >= 4 is 17.5 Å². The molecule has 0 spiro atoms. The maximum atomic E-state index is 12.5. The van der Waals surface area contributed by atoms with E-state index in [2.05, 4.69) is 10.2 Å². The molecule has 2 fully saturated rings. The summed E-state index contributed by atoms with van der Waals surface area (Å²) in [6.45, 7) is 5.75. The van der Waals surface area contributed by atoms with Crippen LogP contribution in [0, 0.1) is 0 Å². The van der Waals surface area contributed by atoms with Crippen molar-refractivity contribution in [3.63, 3.8) is 0 Å². The topological polar surface area (TPSA) is 82.1 Å². The molecule has 0 bridgehead atoms. The molecule has 2 heterocycles. The smallest absolute Gasteiger partial charge is 0.256 e. The lowest BCUT2D eigenvalue weighted by Crippen LogP contribution is -2.50. The molecule has 3 rings (SSSR count). The quantitative estimate of drug-likeness (QED) is 0.805. The summed E-state index contributed by atoms with van der Waals surface area (Å²) in [4.78, 5) is 28.1. The molecule has 0 radical (unpaired) electrons. The lowest BCUT2D eigenvalue weighted by molar-refractivity contribution is -0.153. The van der Waals surface area contributed by atoms with Crippen LogP contribution < -0.4 is 5.32 Å². The highest BCUT2D eigenvalue weighted by Crippen LogP contribution is 2.23. The van der Waals surface area contributed by atoms with Gasteiger partial charge in [0.05, 0.1) is 12.2 Å². The minimum atomic E-state index is -0.835. The number of carbonyl (C=O) groups is 2. The fraction of sp³-hybridized carbons (Fsp3) is 0.600. The first kappa shape index (κ1) is 19.8. The van der Waals surface area contributed by atoms with E-state index in [1.807, 2.05) is 35.2 Å². The van der Waals surface area contributed by atoms with E-state index in [4.69, 9.17) is 4.74 Å². The minimum Gasteiger partial charge on any atom is -0.390 e. The Morgan fingerprint density at radius 3 is 2.52 bits per heavy atom. The third kappa shape index (κ3) is 5.51. The number of anilines is 1. The van der Waals surface area contributed by atoms with Gasteiger partial charge in [0.25, 0.3) is 5.91 Å². The van der Waals surface area contributed by atoms with Crippen LogP contribution in [-0.4, -0.2) is 77.8 Å². The molecule has 7 nitrogen and oxygen atoms in total. The number of para-hydroxylation sites is 1. The molecule has 0 aliphatic carbocycles. The van der Waals surface area contributed by atoms with Crippen molar-refractivity contribution < 1.29 is 19.4 Å². The van der Waals surface area contributed by atoms with E-state index in [1.165, 1.54) is 0 Å². The summed E-state index contributed by atoms with van der Waals surface area (Å²) < 4.78 is 5.93. The molecule has 1 aromatic carbocycles. The van der Waals surface area contributed by atoms with Crippen LogP contribution in [0.5, 0.6) is 0 Å². The van der Waals surface area contributed by atoms with Crippen molar-refractivity contribution in [2.24, 2.45) is 0 Å². The molecule has 27 heavy (non-hydrogen) atoms. The summed E-state index contributed by atoms with van der Waals surface area (Å²) in [5.41, 5.74) is 0.698. The zero-order valence-corrected chi connectivity index (χ0v) is 15.8. The SMILES string of the molecule is CC(=O)N1CCN(CC[C@@H]2CC[C@H](O)[C@@H](C(=O)Nc3ccccc3)O2)CC1. The van der Waals surface area contributed by atoms with Crippen LogP contribution in [0.25, 0.3) is 0 Å². The first-order chi connectivity index (χ1) is 13.0.